The molecule has 6 heteroatoms. The molecule has 1 aromatic heterocycles. The Kier molecular flexibility index (Phi) is 3.81. The van der Waals surface area contributed by atoms with Crippen LogP contribution in [0.15, 0.2) is 39.5 Å². The standard InChI is InChI=1S/C18H14O6/c1-3-23-15-8-11(9(2)19)7-13-16(20)12-6-10(18(21)22)4-5-14(12)24-17(13)15/h4-8H,3H2,1-2H3,(H,21,22). The number of ketones is 1. The Balaban J connectivity index is 2.44. The Morgan fingerprint density at radius 2 is 1.83 bits per heavy atom. The van der Waals surface area contributed by atoms with Gasteiger partial charge in [-0.25, -0.2) is 4.79 Å². The molecule has 0 aliphatic heterocycles. The van der Waals surface area contributed by atoms with E-state index in [0.29, 0.717) is 17.9 Å². The Morgan fingerprint density at radius 1 is 1.12 bits per heavy atom. The highest BCUT2D eigenvalue weighted by molar-refractivity contribution is 6.02. The molecule has 6 nitrogen and oxygen atoms in total. The van der Waals surface area contributed by atoms with E-state index in [-0.39, 0.29) is 33.3 Å². The van der Waals surface area contributed by atoms with E-state index in [2.05, 4.69) is 0 Å². The smallest absolute Gasteiger partial charge is 0.335 e. The van der Waals surface area contributed by atoms with Crippen molar-refractivity contribution in [2.24, 2.45) is 0 Å². The van der Waals surface area contributed by atoms with Crippen LogP contribution in [0.1, 0.15) is 34.6 Å². The van der Waals surface area contributed by atoms with E-state index in [1.165, 1.54) is 37.3 Å². The minimum absolute atomic E-state index is 0.0121. The van der Waals surface area contributed by atoms with Crippen LogP contribution in [0.5, 0.6) is 5.75 Å². The number of rotatable bonds is 4. The van der Waals surface area contributed by atoms with Crippen LogP contribution in [0.3, 0.4) is 0 Å². The number of ether oxygens (including phenoxy) is 1. The monoisotopic (exact) mass is 326 g/mol. The first kappa shape index (κ1) is 15.7. The van der Waals surface area contributed by atoms with Crippen molar-refractivity contribution in [3.63, 3.8) is 0 Å². The van der Waals surface area contributed by atoms with E-state index in [4.69, 9.17) is 14.3 Å². The molecule has 0 aliphatic carbocycles. The van der Waals surface area contributed by atoms with Crippen LogP contribution in [0.25, 0.3) is 21.9 Å². The Morgan fingerprint density at radius 3 is 2.46 bits per heavy atom. The number of Topliss-reactive ketones (excluding diaryl/α,β-unsaturated/α-hetero) is 1. The first-order valence-corrected chi connectivity index (χ1v) is 7.34. The van der Waals surface area contributed by atoms with Crippen molar-refractivity contribution in [1.82, 2.24) is 0 Å². The van der Waals surface area contributed by atoms with Crippen LogP contribution in [-0.4, -0.2) is 23.5 Å². The van der Waals surface area contributed by atoms with Gasteiger partial charge in [-0.05, 0) is 44.2 Å². The summed E-state index contributed by atoms with van der Waals surface area (Å²) in [5, 5.41) is 9.41. The molecule has 0 atom stereocenters. The number of aromatic carboxylic acids is 1. The third-order valence-corrected chi connectivity index (χ3v) is 3.69. The highest BCUT2D eigenvalue weighted by Crippen LogP contribution is 2.29. The average Bonchev–Trinajstić information content (AvgIpc) is 2.55. The zero-order valence-electron chi connectivity index (χ0n) is 13.1. The maximum atomic E-state index is 12.8. The van der Waals surface area contributed by atoms with Gasteiger partial charge in [0.15, 0.2) is 17.1 Å². The highest BCUT2D eigenvalue weighted by Gasteiger charge is 2.16. The lowest BCUT2D eigenvalue weighted by atomic mass is 10.0. The predicted molar refractivity (Wildman–Crippen MR) is 88.1 cm³/mol. The summed E-state index contributed by atoms with van der Waals surface area (Å²) in [6, 6.07) is 7.05. The molecule has 0 unspecified atom stereocenters. The molecule has 0 aliphatic rings. The topological polar surface area (TPSA) is 93.8 Å². The molecular formula is C18H14O6. The fourth-order valence-electron chi connectivity index (χ4n) is 2.53. The maximum Gasteiger partial charge on any atom is 0.335 e. The summed E-state index contributed by atoms with van der Waals surface area (Å²) in [7, 11) is 0. The van der Waals surface area contributed by atoms with Crippen LogP contribution < -0.4 is 10.2 Å². The van der Waals surface area contributed by atoms with E-state index >= 15 is 0 Å². The minimum atomic E-state index is -1.14. The number of hydrogen-bond acceptors (Lipinski definition) is 5. The van der Waals surface area contributed by atoms with Crippen molar-refractivity contribution < 1.29 is 23.8 Å². The summed E-state index contributed by atoms with van der Waals surface area (Å²) in [5.74, 6) is -1.04. The lowest BCUT2D eigenvalue weighted by Gasteiger charge is -2.09. The van der Waals surface area contributed by atoms with E-state index in [0.717, 1.165) is 0 Å². The quantitative estimate of drug-likeness (QED) is 0.584. The molecule has 1 N–H and O–H groups in total. The van der Waals surface area contributed by atoms with Gasteiger partial charge in [-0.3, -0.25) is 9.59 Å². The largest absolute Gasteiger partial charge is 0.490 e. The number of carboxylic acids is 1. The van der Waals surface area contributed by atoms with Crippen LogP contribution in [0, 0.1) is 0 Å². The van der Waals surface area contributed by atoms with E-state index < -0.39 is 11.4 Å². The van der Waals surface area contributed by atoms with Gasteiger partial charge in [-0.1, -0.05) is 0 Å². The number of benzene rings is 2. The fraction of sp³-hybridized carbons (Fsp3) is 0.167. The van der Waals surface area contributed by atoms with Crippen LogP contribution >= 0.6 is 0 Å². The first-order chi connectivity index (χ1) is 11.4. The summed E-state index contributed by atoms with van der Waals surface area (Å²) < 4.78 is 11.2. The van der Waals surface area contributed by atoms with E-state index in [1.807, 2.05) is 0 Å². The lowest BCUT2D eigenvalue weighted by molar-refractivity contribution is 0.0697. The lowest BCUT2D eigenvalue weighted by Crippen LogP contribution is -2.07. The van der Waals surface area contributed by atoms with Gasteiger partial charge in [0.25, 0.3) is 0 Å². The second-order valence-electron chi connectivity index (χ2n) is 5.29. The van der Waals surface area contributed by atoms with Crippen LogP contribution in [-0.2, 0) is 0 Å². The normalized spacial score (nSPS) is 10.9. The van der Waals surface area contributed by atoms with Crippen molar-refractivity contribution in [3.05, 3.63) is 51.7 Å². The van der Waals surface area contributed by atoms with Crippen LogP contribution in [0.4, 0.5) is 0 Å². The SMILES string of the molecule is CCOc1cc(C(C)=O)cc2c(=O)c3cc(C(=O)O)ccc3oc12. The Hall–Kier alpha value is -3.15. The molecule has 2 aromatic carbocycles. The molecule has 122 valence electrons. The zero-order valence-corrected chi connectivity index (χ0v) is 13.1. The van der Waals surface area contributed by atoms with Crippen molar-refractivity contribution >= 4 is 33.7 Å². The Bertz CT molecular complexity index is 1040. The average molecular weight is 326 g/mol. The fourth-order valence-corrected chi connectivity index (χ4v) is 2.53. The third-order valence-electron chi connectivity index (χ3n) is 3.69. The molecule has 3 aromatic rings. The number of carbonyl (C=O) groups excluding carboxylic acids is 1. The molecule has 0 radical (unpaired) electrons. The van der Waals surface area contributed by atoms with Gasteiger partial charge >= 0.3 is 5.97 Å². The summed E-state index contributed by atoms with van der Waals surface area (Å²) in [6.07, 6.45) is 0. The zero-order chi connectivity index (χ0) is 17.4. The predicted octanol–water partition coefficient (Wildman–Crippen LogP) is 3.25. The van der Waals surface area contributed by atoms with Crippen molar-refractivity contribution in [2.75, 3.05) is 6.61 Å². The van der Waals surface area contributed by atoms with Gasteiger partial charge < -0.3 is 14.3 Å². The number of carboxylic acid groups (broad SMARTS) is 1. The third kappa shape index (κ3) is 2.52. The molecule has 0 saturated carbocycles. The highest BCUT2D eigenvalue weighted by atomic mass is 16.5. The second kappa shape index (κ2) is 5.81. The maximum absolute atomic E-state index is 12.8. The molecule has 3 rings (SSSR count). The molecule has 0 spiro atoms. The second-order valence-corrected chi connectivity index (χ2v) is 5.29. The first-order valence-electron chi connectivity index (χ1n) is 7.34. The molecule has 0 amide bonds. The number of carbonyl (C=O) groups is 2. The molecule has 1 heterocycles. The molecule has 24 heavy (non-hydrogen) atoms. The van der Waals surface area contributed by atoms with Gasteiger partial charge in [0.1, 0.15) is 5.58 Å². The molecule has 0 bridgehead atoms. The van der Waals surface area contributed by atoms with Crippen LogP contribution in [0.2, 0.25) is 0 Å². The summed E-state index contributed by atoms with van der Waals surface area (Å²) >= 11 is 0. The van der Waals surface area contributed by atoms with Gasteiger partial charge in [0.2, 0.25) is 5.43 Å². The Labute approximate surface area is 136 Å². The van der Waals surface area contributed by atoms with Crippen molar-refractivity contribution in [2.45, 2.75) is 13.8 Å². The summed E-state index contributed by atoms with van der Waals surface area (Å²) in [6.45, 7) is 3.52. The molecule has 0 saturated heterocycles. The molecule has 0 fully saturated rings. The summed E-state index contributed by atoms with van der Waals surface area (Å²) in [4.78, 5) is 35.6. The minimum Gasteiger partial charge on any atom is -0.490 e. The summed E-state index contributed by atoms with van der Waals surface area (Å²) in [5.41, 5.74) is 0.406. The van der Waals surface area contributed by atoms with Crippen molar-refractivity contribution in [3.8, 4) is 5.75 Å². The molecular weight excluding hydrogens is 312 g/mol. The van der Waals surface area contributed by atoms with Gasteiger partial charge in [-0.15, -0.1) is 0 Å². The van der Waals surface area contributed by atoms with E-state index in [9.17, 15) is 14.4 Å². The van der Waals surface area contributed by atoms with Crippen molar-refractivity contribution in [1.29, 1.82) is 0 Å². The van der Waals surface area contributed by atoms with Gasteiger partial charge in [0, 0.05) is 5.56 Å². The van der Waals surface area contributed by atoms with Gasteiger partial charge in [-0.2, -0.15) is 0 Å². The number of hydrogen-bond donors (Lipinski definition) is 1. The van der Waals surface area contributed by atoms with E-state index in [1.54, 1.807) is 6.92 Å². The number of fused-ring (bicyclic) bond motifs is 2. The van der Waals surface area contributed by atoms with Gasteiger partial charge in [0.05, 0.1) is 22.9 Å².